The van der Waals surface area contributed by atoms with Gasteiger partial charge in [0.25, 0.3) is 0 Å². The Hall–Kier alpha value is -2.35. The van der Waals surface area contributed by atoms with Gasteiger partial charge in [-0.2, -0.15) is 17.6 Å². The van der Waals surface area contributed by atoms with Crippen molar-refractivity contribution in [1.82, 2.24) is 9.88 Å². The average molecular weight is 374 g/mol. The molecule has 9 heteroatoms. The molecule has 1 N–H and O–H groups in total. The Balaban J connectivity index is 1.72. The molecule has 0 saturated heterocycles. The van der Waals surface area contributed by atoms with E-state index in [9.17, 15) is 22.4 Å². The molecule has 0 atom stereocenters. The van der Waals surface area contributed by atoms with E-state index in [2.05, 4.69) is 10.3 Å². The number of anilines is 1. The fourth-order valence-corrected chi connectivity index (χ4v) is 2.89. The first-order valence-electron chi connectivity index (χ1n) is 7.30. The van der Waals surface area contributed by atoms with Crippen LogP contribution in [0.3, 0.4) is 0 Å². The summed E-state index contributed by atoms with van der Waals surface area (Å²) in [7, 11) is 0. The molecule has 0 unspecified atom stereocenters. The van der Waals surface area contributed by atoms with Crippen LogP contribution in [0.5, 0.6) is 0 Å². The molecule has 0 fully saturated rings. The minimum absolute atomic E-state index is 0.148. The first kappa shape index (κ1) is 17.5. The van der Waals surface area contributed by atoms with Gasteiger partial charge in [-0.05, 0) is 41.8 Å². The van der Waals surface area contributed by atoms with Crippen LogP contribution in [0.15, 0.2) is 30.5 Å². The molecule has 2 heterocycles. The molecule has 1 aliphatic rings. The highest BCUT2D eigenvalue weighted by Gasteiger charge is 2.33. The second kappa shape index (κ2) is 6.51. The van der Waals surface area contributed by atoms with Crippen LogP contribution >= 0.6 is 11.6 Å². The number of aromatic nitrogens is 1. The van der Waals surface area contributed by atoms with Crippen LogP contribution in [-0.2, 0) is 19.1 Å². The monoisotopic (exact) mass is 373 g/mol. The second-order valence-corrected chi connectivity index (χ2v) is 5.98. The van der Waals surface area contributed by atoms with E-state index >= 15 is 0 Å². The van der Waals surface area contributed by atoms with Gasteiger partial charge in [0.05, 0.1) is 10.6 Å². The number of urea groups is 1. The number of hydrogen-bond donors (Lipinski definition) is 1. The number of rotatable bonds is 1. The topological polar surface area (TPSA) is 45.2 Å². The van der Waals surface area contributed by atoms with Gasteiger partial charge < -0.3 is 10.2 Å². The Morgan fingerprint density at radius 1 is 1.24 bits per heavy atom. The van der Waals surface area contributed by atoms with Crippen LogP contribution in [0, 0.1) is 5.95 Å². The number of carbonyl (C=O) groups is 1. The first-order chi connectivity index (χ1) is 11.7. The number of amides is 2. The number of fused-ring (bicyclic) bond motifs is 1. The molecule has 0 spiro atoms. The van der Waals surface area contributed by atoms with E-state index in [1.807, 2.05) is 0 Å². The summed E-state index contributed by atoms with van der Waals surface area (Å²) in [6.45, 7) is 0.579. The highest BCUT2D eigenvalue weighted by molar-refractivity contribution is 6.31. The van der Waals surface area contributed by atoms with Crippen LogP contribution in [-0.4, -0.2) is 22.5 Å². The summed E-state index contributed by atoms with van der Waals surface area (Å²) in [5, 5.41) is 2.00. The molecule has 2 amide bonds. The quantitative estimate of drug-likeness (QED) is 0.591. The van der Waals surface area contributed by atoms with Crippen molar-refractivity contribution in [3.63, 3.8) is 0 Å². The number of carbonyl (C=O) groups excluding carboxylic acids is 1. The summed E-state index contributed by atoms with van der Waals surface area (Å²) in [6, 6.07) is 3.75. The van der Waals surface area contributed by atoms with Crippen LogP contribution < -0.4 is 5.32 Å². The van der Waals surface area contributed by atoms with Gasteiger partial charge in [0, 0.05) is 25.0 Å². The number of halogens is 5. The SMILES string of the molecule is O=C(Nc1ccc(C(F)(F)F)c(Cl)c1)N1CCc2cnc(F)cc2C1. The second-order valence-electron chi connectivity index (χ2n) is 5.57. The standard InChI is InChI=1S/C16H12ClF4N3O/c17-13-6-11(1-2-12(13)16(19,20)21)23-15(25)24-4-3-9-7-22-14(18)5-10(9)8-24/h1-2,5-7H,3-4,8H2,(H,23,25). The van der Waals surface area contributed by atoms with Crippen molar-refractivity contribution in [3.8, 4) is 0 Å². The van der Waals surface area contributed by atoms with Gasteiger partial charge >= 0.3 is 12.2 Å². The molecule has 3 rings (SSSR count). The molecule has 4 nitrogen and oxygen atoms in total. The van der Waals surface area contributed by atoms with Gasteiger partial charge in [0.1, 0.15) is 0 Å². The molecule has 2 aromatic rings. The minimum atomic E-state index is -4.56. The van der Waals surface area contributed by atoms with Crippen molar-refractivity contribution in [1.29, 1.82) is 0 Å². The third-order valence-corrected chi connectivity index (χ3v) is 4.19. The molecule has 0 radical (unpaired) electrons. The summed E-state index contributed by atoms with van der Waals surface area (Å²) in [5.74, 6) is -0.629. The van der Waals surface area contributed by atoms with E-state index in [1.54, 1.807) is 0 Å². The van der Waals surface area contributed by atoms with Crippen LogP contribution in [0.1, 0.15) is 16.7 Å². The molecule has 0 saturated carbocycles. The number of nitrogens with one attached hydrogen (secondary N) is 1. The normalized spacial score (nSPS) is 14.2. The van der Waals surface area contributed by atoms with Crippen molar-refractivity contribution in [2.45, 2.75) is 19.1 Å². The maximum atomic E-state index is 13.2. The van der Waals surface area contributed by atoms with Gasteiger partial charge in [-0.3, -0.25) is 0 Å². The van der Waals surface area contributed by atoms with Crippen LogP contribution in [0.4, 0.5) is 28.0 Å². The number of pyridine rings is 1. The Morgan fingerprint density at radius 2 is 2.00 bits per heavy atom. The maximum absolute atomic E-state index is 13.2. The molecule has 25 heavy (non-hydrogen) atoms. The largest absolute Gasteiger partial charge is 0.417 e. The lowest BCUT2D eigenvalue weighted by Gasteiger charge is -2.28. The van der Waals surface area contributed by atoms with Gasteiger partial charge in [0.2, 0.25) is 5.95 Å². The van der Waals surface area contributed by atoms with Crippen molar-refractivity contribution >= 4 is 23.3 Å². The lowest BCUT2D eigenvalue weighted by molar-refractivity contribution is -0.137. The van der Waals surface area contributed by atoms with Gasteiger partial charge in [-0.1, -0.05) is 11.6 Å². The predicted octanol–water partition coefficient (Wildman–Crippen LogP) is 4.48. The molecule has 1 aliphatic heterocycles. The maximum Gasteiger partial charge on any atom is 0.417 e. The molecule has 1 aromatic carbocycles. The zero-order valence-corrected chi connectivity index (χ0v) is 13.5. The van der Waals surface area contributed by atoms with E-state index in [0.717, 1.165) is 23.8 Å². The third kappa shape index (κ3) is 3.84. The van der Waals surface area contributed by atoms with E-state index in [0.29, 0.717) is 18.5 Å². The van der Waals surface area contributed by atoms with Crippen LogP contribution in [0.25, 0.3) is 0 Å². The smallest absolute Gasteiger partial charge is 0.320 e. The number of hydrogen-bond acceptors (Lipinski definition) is 2. The van der Waals surface area contributed by atoms with Crippen molar-refractivity contribution < 1.29 is 22.4 Å². The summed E-state index contributed by atoms with van der Waals surface area (Å²) in [4.78, 5) is 17.3. The minimum Gasteiger partial charge on any atom is -0.320 e. The van der Waals surface area contributed by atoms with E-state index < -0.39 is 28.7 Å². The van der Waals surface area contributed by atoms with Crippen LogP contribution in [0.2, 0.25) is 5.02 Å². The van der Waals surface area contributed by atoms with E-state index in [-0.39, 0.29) is 12.2 Å². The highest BCUT2D eigenvalue weighted by atomic mass is 35.5. The van der Waals surface area contributed by atoms with Gasteiger partial charge in [-0.25, -0.2) is 9.78 Å². The van der Waals surface area contributed by atoms with E-state index in [4.69, 9.17) is 11.6 Å². The van der Waals surface area contributed by atoms with Crippen molar-refractivity contribution in [2.75, 3.05) is 11.9 Å². The van der Waals surface area contributed by atoms with Crippen molar-refractivity contribution in [2.24, 2.45) is 0 Å². The zero-order chi connectivity index (χ0) is 18.2. The number of benzene rings is 1. The fourth-order valence-electron chi connectivity index (χ4n) is 2.61. The summed E-state index contributed by atoms with van der Waals surface area (Å²) >= 11 is 5.63. The Labute approximate surface area is 145 Å². The highest BCUT2D eigenvalue weighted by Crippen LogP contribution is 2.35. The first-order valence-corrected chi connectivity index (χ1v) is 7.68. The fraction of sp³-hybridized carbons (Fsp3) is 0.250. The summed E-state index contributed by atoms with van der Waals surface area (Å²) in [5.41, 5.74) is 0.694. The Morgan fingerprint density at radius 3 is 2.68 bits per heavy atom. The number of alkyl halides is 3. The molecule has 132 valence electrons. The predicted molar refractivity (Wildman–Crippen MR) is 83.8 cm³/mol. The number of nitrogens with zero attached hydrogens (tertiary/aromatic N) is 2. The third-order valence-electron chi connectivity index (χ3n) is 3.87. The van der Waals surface area contributed by atoms with Gasteiger partial charge in [0.15, 0.2) is 0 Å². The molecule has 1 aromatic heterocycles. The lowest BCUT2D eigenvalue weighted by atomic mass is 10.0. The average Bonchev–Trinajstić information content (AvgIpc) is 2.52. The summed E-state index contributed by atoms with van der Waals surface area (Å²) in [6.07, 6.45) is -2.60. The molecule has 0 aliphatic carbocycles. The zero-order valence-electron chi connectivity index (χ0n) is 12.7. The molecular weight excluding hydrogens is 362 g/mol. The molecule has 0 bridgehead atoms. The lowest BCUT2D eigenvalue weighted by Crippen LogP contribution is -2.39. The Bertz CT molecular complexity index is 826. The van der Waals surface area contributed by atoms with E-state index in [1.165, 1.54) is 17.2 Å². The van der Waals surface area contributed by atoms with Crippen molar-refractivity contribution in [3.05, 3.63) is 58.1 Å². The summed E-state index contributed by atoms with van der Waals surface area (Å²) < 4.78 is 51.3. The molecular formula is C16H12ClF4N3O. The van der Waals surface area contributed by atoms with Gasteiger partial charge in [-0.15, -0.1) is 0 Å². The Kier molecular flexibility index (Phi) is 4.55.